The van der Waals surface area contributed by atoms with Gasteiger partial charge in [-0.25, -0.2) is 9.67 Å². The third-order valence-corrected chi connectivity index (χ3v) is 6.74. The first-order valence-electron chi connectivity index (χ1n) is 10.1. The second-order valence-electron chi connectivity index (χ2n) is 7.51. The minimum absolute atomic E-state index is 0.0843. The number of fused-ring (bicyclic) bond motifs is 1. The third kappa shape index (κ3) is 3.78. The Kier molecular flexibility index (Phi) is 5.15. The molecular formula is C24H22N4OS. The summed E-state index contributed by atoms with van der Waals surface area (Å²) in [4.78, 5) is 17.9. The predicted molar refractivity (Wildman–Crippen MR) is 120 cm³/mol. The largest absolute Gasteiger partial charge is 0.352 e. The zero-order chi connectivity index (χ0) is 20.3. The van der Waals surface area contributed by atoms with Gasteiger partial charge in [-0.1, -0.05) is 36.4 Å². The summed E-state index contributed by atoms with van der Waals surface area (Å²) in [5.74, 6) is 0.147. The van der Waals surface area contributed by atoms with Crippen LogP contribution >= 0.6 is 11.3 Å². The van der Waals surface area contributed by atoms with Crippen molar-refractivity contribution in [1.82, 2.24) is 20.1 Å². The van der Waals surface area contributed by atoms with Crippen molar-refractivity contribution in [2.75, 3.05) is 0 Å². The molecule has 0 saturated heterocycles. The summed E-state index contributed by atoms with van der Waals surface area (Å²) >= 11 is 1.71. The van der Waals surface area contributed by atoms with Gasteiger partial charge < -0.3 is 5.32 Å². The van der Waals surface area contributed by atoms with Crippen LogP contribution in [0.3, 0.4) is 0 Å². The molecule has 2 atom stereocenters. The van der Waals surface area contributed by atoms with E-state index < -0.39 is 0 Å². The van der Waals surface area contributed by atoms with Gasteiger partial charge in [-0.15, -0.1) is 11.3 Å². The summed E-state index contributed by atoms with van der Waals surface area (Å²) < 4.78 is 3.00. The Labute approximate surface area is 179 Å². The van der Waals surface area contributed by atoms with Crippen LogP contribution in [0.15, 0.2) is 79.1 Å². The van der Waals surface area contributed by atoms with E-state index in [0.29, 0.717) is 6.54 Å². The quantitative estimate of drug-likeness (QED) is 0.475. The molecule has 5 rings (SSSR count). The van der Waals surface area contributed by atoms with Crippen LogP contribution in [0.25, 0.3) is 15.9 Å². The number of thiazole rings is 1. The topological polar surface area (TPSA) is 59.8 Å². The standard InChI is InChI=1S/C24H22N4OS/c29-23(25-16-17-10-12-18(13-11-17)28-15-5-14-26-28)19-6-1-2-7-20(19)24-27-21-8-3-4-9-22(21)30-24/h1-5,8-15,19-20H,6-7,16H2,(H,25,29). The van der Waals surface area contributed by atoms with Crippen LogP contribution in [-0.4, -0.2) is 20.7 Å². The van der Waals surface area contributed by atoms with Crippen molar-refractivity contribution in [2.45, 2.75) is 25.3 Å². The number of carbonyl (C=O) groups excluding carboxylic acids is 1. The lowest BCUT2D eigenvalue weighted by molar-refractivity contribution is -0.125. The molecule has 0 radical (unpaired) electrons. The van der Waals surface area contributed by atoms with Crippen molar-refractivity contribution in [3.8, 4) is 5.69 Å². The highest BCUT2D eigenvalue weighted by atomic mass is 32.1. The van der Waals surface area contributed by atoms with E-state index in [1.165, 1.54) is 4.70 Å². The first-order chi connectivity index (χ1) is 14.8. The molecule has 0 fully saturated rings. The molecule has 1 aliphatic rings. The van der Waals surface area contributed by atoms with E-state index in [1.807, 2.05) is 59.4 Å². The maximum atomic E-state index is 13.0. The number of hydrogen-bond acceptors (Lipinski definition) is 4. The second kappa shape index (κ2) is 8.24. The molecule has 1 aliphatic carbocycles. The van der Waals surface area contributed by atoms with Crippen molar-refractivity contribution in [1.29, 1.82) is 0 Å². The van der Waals surface area contributed by atoms with Gasteiger partial charge in [-0.2, -0.15) is 5.10 Å². The average Bonchev–Trinajstić information content (AvgIpc) is 3.48. The molecule has 0 aliphatic heterocycles. The summed E-state index contributed by atoms with van der Waals surface area (Å²) in [7, 11) is 0. The molecule has 1 N–H and O–H groups in total. The van der Waals surface area contributed by atoms with Crippen LogP contribution in [0.1, 0.15) is 29.3 Å². The number of allylic oxidation sites excluding steroid dienone is 2. The van der Waals surface area contributed by atoms with Crippen LogP contribution in [-0.2, 0) is 11.3 Å². The Morgan fingerprint density at radius 1 is 1.07 bits per heavy atom. The van der Waals surface area contributed by atoms with Crippen LogP contribution in [0.2, 0.25) is 0 Å². The molecule has 2 aromatic heterocycles. The lowest BCUT2D eigenvalue weighted by Gasteiger charge is -2.26. The van der Waals surface area contributed by atoms with Crippen LogP contribution < -0.4 is 5.32 Å². The van der Waals surface area contributed by atoms with Crippen LogP contribution in [0.4, 0.5) is 0 Å². The molecule has 6 heteroatoms. The Morgan fingerprint density at radius 2 is 1.90 bits per heavy atom. The van der Waals surface area contributed by atoms with Gasteiger partial charge in [0, 0.05) is 24.9 Å². The fourth-order valence-electron chi connectivity index (χ4n) is 3.93. The lowest BCUT2D eigenvalue weighted by atomic mass is 9.82. The van der Waals surface area contributed by atoms with Crippen molar-refractivity contribution in [2.24, 2.45) is 5.92 Å². The van der Waals surface area contributed by atoms with Gasteiger partial charge in [-0.3, -0.25) is 4.79 Å². The summed E-state index contributed by atoms with van der Waals surface area (Å²) in [6.45, 7) is 0.519. The maximum absolute atomic E-state index is 13.0. The van der Waals surface area contributed by atoms with Crippen molar-refractivity contribution in [3.05, 3.63) is 89.7 Å². The molecule has 2 aromatic carbocycles. The first kappa shape index (κ1) is 18.8. The van der Waals surface area contributed by atoms with Crippen LogP contribution in [0, 0.1) is 5.92 Å². The van der Waals surface area contributed by atoms with Gasteiger partial charge in [0.1, 0.15) is 0 Å². The Morgan fingerprint density at radius 3 is 2.70 bits per heavy atom. The molecular weight excluding hydrogens is 392 g/mol. The number of aromatic nitrogens is 3. The first-order valence-corrected chi connectivity index (χ1v) is 11.0. The number of amides is 1. The van der Waals surface area contributed by atoms with Crippen molar-refractivity contribution >= 4 is 27.5 Å². The van der Waals surface area contributed by atoms with E-state index in [9.17, 15) is 4.79 Å². The number of hydrogen-bond donors (Lipinski definition) is 1. The predicted octanol–water partition coefficient (Wildman–Crippen LogP) is 4.85. The van der Waals surface area contributed by atoms with Gasteiger partial charge in [-0.05, 0) is 48.7 Å². The third-order valence-electron chi connectivity index (χ3n) is 5.57. The molecule has 150 valence electrons. The van der Waals surface area contributed by atoms with Crippen molar-refractivity contribution < 1.29 is 4.79 Å². The van der Waals surface area contributed by atoms with Gasteiger partial charge in [0.15, 0.2) is 0 Å². The van der Waals surface area contributed by atoms with Gasteiger partial charge in [0.05, 0.1) is 26.8 Å². The number of carbonyl (C=O) groups is 1. The maximum Gasteiger partial charge on any atom is 0.224 e. The molecule has 2 unspecified atom stereocenters. The molecule has 0 bridgehead atoms. The summed E-state index contributed by atoms with van der Waals surface area (Å²) in [5, 5.41) is 8.44. The molecule has 30 heavy (non-hydrogen) atoms. The van der Waals surface area contributed by atoms with Crippen molar-refractivity contribution in [3.63, 3.8) is 0 Å². The minimum atomic E-state index is -0.0843. The molecule has 1 amide bonds. The van der Waals surface area contributed by atoms with E-state index in [-0.39, 0.29) is 17.7 Å². The number of nitrogens with zero attached hydrogens (tertiary/aromatic N) is 3. The van der Waals surface area contributed by atoms with E-state index in [2.05, 4.69) is 28.6 Å². The van der Waals surface area contributed by atoms with E-state index in [1.54, 1.807) is 17.5 Å². The number of benzene rings is 2. The highest BCUT2D eigenvalue weighted by molar-refractivity contribution is 7.18. The number of para-hydroxylation sites is 1. The molecule has 4 aromatic rings. The summed E-state index contributed by atoms with van der Waals surface area (Å²) in [6.07, 6.45) is 9.58. The average molecular weight is 415 g/mol. The SMILES string of the molecule is O=C(NCc1ccc(-n2cccn2)cc1)C1CC=CCC1c1nc2ccccc2s1. The van der Waals surface area contributed by atoms with E-state index >= 15 is 0 Å². The summed E-state index contributed by atoms with van der Waals surface area (Å²) in [5.41, 5.74) is 3.09. The highest BCUT2D eigenvalue weighted by Gasteiger charge is 2.32. The smallest absolute Gasteiger partial charge is 0.224 e. The van der Waals surface area contributed by atoms with E-state index in [4.69, 9.17) is 4.98 Å². The second-order valence-corrected chi connectivity index (χ2v) is 8.57. The Balaban J connectivity index is 1.28. The molecule has 0 spiro atoms. The fraction of sp³-hybridized carbons (Fsp3) is 0.208. The number of nitrogens with one attached hydrogen (secondary N) is 1. The van der Waals surface area contributed by atoms with Gasteiger partial charge in [0.2, 0.25) is 5.91 Å². The molecule has 0 saturated carbocycles. The monoisotopic (exact) mass is 414 g/mol. The zero-order valence-electron chi connectivity index (χ0n) is 16.4. The Bertz CT molecular complexity index is 1140. The minimum Gasteiger partial charge on any atom is -0.352 e. The lowest BCUT2D eigenvalue weighted by Crippen LogP contribution is -2.34. The zero-order valence-corrected chi connectivity index (χ0v) is 17.3. The molecule has 2 heterocycles. The van der Waals surface area contributed by atoms with E-state index in [0.717, 1.165) is 34.6 Å². The number of rotatable bonds is 5. The van der Waals surface area contributed by atoms with Crippen LogP contribution in [0.5, 0.6) is 0 Å². The van der Waals surface area contributed by atoms with Gasteiger partial charge in [0.25, 0.3) is 0 Å². The van der Waals surface area contributed by atoms with Gasteiger partial charge >= 0.3 is 0 Å². The summed E-state index contributed by atoms with van der Waals surface area (Å²) in [6, 6.07) is 18.2. The highest BCUT2D eigenvalue weighted by Crippen LogP contribution is 2.38. The fourth-order valence-corrected chi connectivity index (χ4v) is 5.08. The molecule has 5 nitrogen and oxygen atoms in total. The normalized spacial score (nSPS) is 18.5. The Hall–Kier alpha value is -3.25.